The van der Waals surface area contributed by atoms with E-state index in [4.69, 9.17) is 0 Å². The van der Waals surface area contributed by atoms with Gasteiger partial charge in [-0.05, 0) is 47.4 Å². The number of para-hydroxylation sites is 1. The second-order valence-electron chi connectivity index (χ2n) is 6.43. The Morgan fingerprint density at radius 3 is 2.46 bits per heavy atom. The minimum Gasteiger partial charge on any atom is -0.323 e. The van der Waals surface area contributed by atoms with E-state index in [0.29, 0.717) is 5.92 Å². The highest BCUT2D eigenvalue weighted by atomic mass is 14.9. The third kappa shape index (κ3) is 2.61. The number of hydrogen-bond donors (Lipinski definition) is 0. The monoisotopic (exact) mass is 312 g/mol. The molecule has 0 bridgehead atoms. The summed E-state index contributed by atoms with van der Waals surface area (Å²) in [4.78, 5) is 4.45. The predicted molar refractivity (Wildman–Crippen MR) is 101 cm³/mol. The lowest BCUT2D eigenvalue weighted by Crippen LogP contribution is -1.92. The molecule has 0 atom stereocenters. The van der Waals surface area contributed by atoms with Gasteiger partial charge in [-0.15, -0.1) is 0 Å². The first kappa shape index (κ1) is 14.7. The van der Waals surface area contributed by atoms with Crippen molar-refractivity contribution in [2.45, 2.75) is 19.8 Å². The van der Waals surface area contributed by atoms with Crippen molar-refractivity contribution in [2.24, 2.45) is 0 Å². The molecule has 2 heteroatoms. The van der Waals surface area contributed by atoms with Crippen molar-refractivity contribution < 1.29 is 0 Å². The standard InChI is InChI=1S/C22H20N2/c1-16(2)17-7-9-19(10-8-17)24-14-12-18(15-24)20-11-13-23-22-6-4-3-5-21(20)22/h3-16H,1-2H3. The first-order valence-electron chi connectivity index (χ1n) is 8.35. The lowest BCUT2D eigenvalue weighted by atomic mass is 10.0. The third-order valence-electron chi connectivity index (χ3n) is 4.51. The third-order valence-corrected chi connectivity index (χ3v) is 4.51. The molecule has 0 aliphatic carbocycles. The van der Waals surface area contributed by atoms with Crippen LogP contribution >= 0.6 is 0 Å². The number of pyridine rings is 1. The van der Waals surface area contributed by atoms with Crippen LogP contribution < -0.4 is 0 Å². The fraction of sp³-hybridized carbons (Fsp3) is 0.136. The van der Waals surface area contributed by atoms with Crippen molar-refractivity contribution in [2.75, 3.05) is 0 Å². The summed E-state index contributed by atoms with van der Waals surface area (Å²) in [7, 11) is 0. The normalized spacial score (nSPS) is 11.3. The maximum atomic E-state index is 4.45. The van der Waals surface area contributed by atoms with E-state index in [-0.39, 0.29) is 0 Å². The highest BCUT2D eigenvalue weighted by Crippen LogP contribution is 2.28. The molecule has 4 aromatic rings. The van der Waals surface area contributed by atoms with Crippen LogP contribution in [0.2, 0.25) is 0 Å². The first-order valence-corrected chi connectivity index (χ1v) is 8.35. The summed E-state index contributed by atoms with van der Waals surface area (Å²) < 4.78 is 2.18. The minimum absolute atomic E-state index is 0.558. The zero-order valence-corrected chi connectivity index (χ0v) is 14.0. The van der Waals surface area contributed by atoms with E-state index in [1.54, 1.807) is 0 Å². The topological polar surface area (TPSA) is 17.8 Å². The molecule has 2 heterocycles. The Kier molecular flexibility index (Phi) is 3.66. The van der Waals surface area contributed by atoms with Crippen LogP contribution in [0.5, 0.6) is 0 Å². The largest absolute Gasteiger partial charge is 0.323 e. The Hall–Kier alpha value is -2.87. The maximum absolute atomic E-state index is 4.45. The van der Waals surface area contributed by atoms with Gasteiger partial charge in [0, 0.05) is 35.2 Å². The SMILES string of the molecule is CC(C)c1ccc(-n2ccc(-c3ccnc4ccccc34)c2)cc1. The Morgan fingerprint density at radius 1 is 0.875 bits per heavy atom. The predicted octanol–water partition coefficient (Wildman–Crippen LogP) is 5.82. The van der Waals surface area contributed by atoms with Gasteiger partial charge in [-0.2, -0.15) is 0 Å². The van der Waals surface area contributed by atoms with E-state index in [9.17, 15) is 0 Å². The molecule has 2 aromatic heterocycles. The molecule has 0 aliphatic heterocycles. The summed E-state index contributed by atoms with van der Waals surface area (Å²) in [5, 5.41) is 1.19. The van der Waals surface area contributed by atoms with Crippen LogP contribution in [-0.4, -0.2) is 9.55 Å². The van der Waals surface area contributed by atoms with E-state index >= 15 is 0 Å². The maximum Gasteiger partial charge on any atom is 0.0708 e. The lowest BCUT2D eigenvalue weighted by molar-refractivity contribution is 0.865. The van der Waals surface area contributed by atoms with E-state index < -0.39 is 0 Å². The average Bonchev–Trinajstić information content (AvgIpc) is 3.11. The summed E-state index contributed by atoms with van der Waals surface area (Å²) in [6, 6.07) is 21.3. The second-order valence-corrected chi connectivity index (χ2v) is 6.43. The van der Waals surface area contributed by atoms with Gasteiger partial charge in [0.15, 0.2) is 0 Å². The Labute approximate surface area is 142 Å². The van der Waals surface area contributed by atoms with Crippen LogP contribution in [0.25, 0.3) is 27.7 Å². The molecule has 0 spiro atoms. The smallest absolute Gasteiger partial charge is 0.0708 e. The van der Waals surface area contributed by atoms with E-state index in [1.807, 2.05) is 12.3 Å². The average molecular weight is 312 g/mol. The zero-order valence-electron chi connectivity index (χ0n) is 14.0. The molecule has 118 valence electrons. The van der Waals surface area contributed by atoms with Crippen molar-refractivity contribution in [3.8, 4) is 16.8 Å². The van der Waals surface area contributed by atoms with Crippen molar-refractivity contribution in [3.63, 3.8) is 0 Å². The number of hydrogen-bond acceptors (Lipinski definition) is 1. The molecule has 2 nitrogen and oxygen atoms in total. The highest BCUT2D eigenvalue weighted by Gasteiger charge is 2.07. The lowest BCUT2D eigenvalue weighted by Gasteiger charge is -2.08. The van der Waals surface area contributed by atoms with Crippen molar-refractivity contribution in [3.05, 3.63) is 84.8 Å². The number of benzene rings is 2. The van der Waals surface area contributed by atoms with Gasteiger partial charge in [0.25, 0.3) is 0 Å². The Morgan fingerprint density at radius 2 is 1.67 bits per heavy atom. The van der Waals surface area contributed by atoms with Gasteiger partial charge in [-0.1, -0.05) is 44.2 Å². The Balaban J connectivity index is 1.74. The van der Waals surface area contributed by atoms with Crippen LogP contribution in [0.15, 0.2) is 79.3 Å². The summed E-state index contributed by atoms with van der Waals surface area (Å²) in [5.41, 5.74) is 6.01. The first-order chi connectivity index (χ1) is 11.7. The summed E-state index contributed by atoms with van der Waals surface area (Å²) >= 11 is 0. The molecule has 0 saturated heterocycles. The Bertz CT molecular complexity index is 973. The molecule has 24 heavy (non-hydrogen) atoms. The number of aromatic nitrogens is 2. The molecule has 0 aliphatic rings. The minimum atomic E-state index is 0.558. The van der Waals surface area contributed by atoms with Crippen LogP contribution in [0.3, 0.4) is 0 Å². The molecule has 2 aromatic carbocycles. The quantitative estimate of drug-likeness (QED) is 0.466. The van der Waals surface area contributed by atoms with Crippen LogP contribution in [0, 0.1) is 0 Å². The molecule has 0 amide bonds. The summed E-state index contributed by atoms with van der Waals surface area (Å²) in [6.45, 7) is 4.44. The van der Waals surface area contributed by atoms with Gasteiger partial charge >= 0.3 is 0 Å². The zero-order chi connectivity index (χ0) is 16.5. The summed E-state index contributed by atoms with van der Waals surface area (Å²) in [6.07, 6.45) is 6.19. The van der Waals surface area contributed by atoms with Gasteiger partial charge in [-0.25, -0.2) is 0 Å². The number of rotatable bonds is 3. The molecule has 0 radical (unpaired) electrons. The second kappa shape index (κ2) is 5.97. The number of fused-ring (bicyclic) bond motifs is 1. The van der Waals surface area contributed by atoms with E-state index in [1.165, 1.54) is 27.8 Å². The van der Waals surface area contributed by atoms with Gasteiger partial charge in [-0.3, -0.25) is 4.98 Å². The molecule has 0 unspecified atom stereocenters. The van der Waals surface area contributed by atoms with Gasteiger partial charge < -0.3 is 4.57 Å². The van der Waals surface area contributed by atoms with Crippen molar-refractivity contribution in [1.29, 1.82) is 0 Å². The molecule has 0 saturated carbocycles. The fourth-order valence-corrected chi connectivity index (χ4v) is 3.10. The van der Waals surface area contributed by atoms with Crippen molar-refractivity contribution >= 4 is 10.9 Å². The van der Waals surface area contributed by atoms with Crippen molar-refractivity contribution in [1.82, 2.24) is 9.55 Å². The fourth-order valence-electron chi connectivity index (χ4n) is 3.10. The molecular formula is C22H20N2. The van der Waals surface area contributed by atoms with Gasteiger partial charge in [0.1, 0.15) is 0 Å². The highest BCUT2D eigenvalue weighted by molar-refractivity contribution is 5.94. The van der Waals surface area contributed by atoms with Gasteiger partial charge in [0.2, 0.25) is 0 Å². The van der Waals surface area contributed by atoms with E-state index in [0.717, 1.165) is 5.52 Å². The molecule has 4 rings (SSSR count). The molecule has 0 fully saturated rings. The van der Waals surface area contributed by atoms with E-state index in [2.05, 4.69) is 90.4 Å². The van der Waals surface area contributed by atoms with Crippen LogP contribution in [0.4, 0.5) is 0 Å². The number of nitrogens with zero attached hydrogens (tertiary/aromatic N) is 2. The molecular weight excluding hydrogens is 292 g/mol. The van der Waals surface area contributed by atoms with Gasteiger partial charge in [0.05, 0.1) is 5.52 Å². The molecule has 0 N–H and O–H groups in total. The summed E-state index contributed by atoms with van der Waals surface area (Å²) in [5.74, 6) is 0.558. The van der Waals surface area contributed by atoms with Crippen LogP contribution in [-0.2, 0) is 0 Å². The van der Waals surface area contributed by atoms with Crippen LogP contribution in [0.1, 0.15) is 25.3 Å².